The van der Waals surface area contributed by atoms with Crippen molar-refractivity contribution < 1.29 is 53.5 Å². The van der Waals surface area contributed by atoms with Gasteiger partial charge in [-0.1, -0.05) is 84.0 Å². The number of Topliss-reactive ketones (excluding diaryl/α,β-unsaturated/α-hetero) is 4. The van der Waals surface area contributed by atoms with Gasteiger partial charge in [-0.25, -0.2) is 13.8 Å². The Morgan fingerprint density at radius 2 is 0.831 bits per heavy atom. The Hall–Kier alpha value is -6.44. The van der Waals surface area contributed by atoms with E-state index in [4.69, 9.17) is 21.1 Å². The molecule has 750 valence electrons. The molecule has 0 saturated heterocycles. The second kappa shape index (κ2) is 37.7. The van der Waals surface area contributed by atoms with Gasteiger partial charge < -0.3 is 52.9 Å². The number of anilines is 2. The van der Waals surface area contributed by atoms with E-state index < -0.39 is 22.4 Å². The summed E-state index contributed by atoms with van der Waals surface area (Å²) in [6.07, 6.45) is 43.9. The van der Waals surface area contributed by atoms with Gasteiger partial charge in [0, 0.05) is 23.7 Å². The third-order valence-corrected chi connectivity index (χ3v) is 44.6. The van der Waals surface area contributed by atoms with E-state index in [0.29, 0.717) is 133 Å². The summed E-state index contributed by atoms with van der Waals surface area (Å²) in [5, 5.41) is 67.5. The van der Waals surface area contributed by atoms with Gasteiger partial charge in [-0.05, 0) is 446 Å². The maximum atomic E-state index is 14.6. The van der Waals surface area contributed by atoms with Crippen LogP contribution < -0.4 is 32.5 Å². The number of aliphatic hydroxyl groups is 4. The molecule has 2 heterocycles. The molecule has 12 N–H and O–H groups in total. The number of thioether (sulfide) groups is 1. The van der Waals surface area contributed by atoms with Gasteiger partial charge in [-0.3, -0.25) is 24.2 Å². The fraction of sp³-hybridized carbons (Fsp3) is 0.786. The number of nitrogens with two attached hydrogens (primary N) is 2. The first-order valence-electron chi connectivity index (χ1n) is 53.3. The highest BCUT2D eigenvalue weighted by Gasteiger charge is 2.68. The molecule has 16 fully saturated rings. The smallest absolute Gasteiger partial charge is 0.157 e. The number of carbonyl (C=O) groups excluding carboxylic acids is 4. The largest absolute Gasteiger partial charge is 0.494 e. The van der Waals surface area contributed by atoms with Crippen LogP contribution in [0.1, 0.15) is 320 Å². The van der Waals surface area contributed by atoms with Crippen molar-refractivity contribution in [3.05, 3.63) is 59.9 Å². The quantitative estimate of drug-likeness (QED) is 0.0150. The van der Waals surface area contributed by atoms with E-state index in [0.717, 1.165) is 192 Å². The van der Waals surface area contributed by atoms with Gasteiger partial charge in [0.25, 0.3) is 0 Å². The standard InChI is InChI=1S/C29H43FN2O2.2C29H41N3O3.C25H41N3O2S.H3N/c1-17-5-10-23(31)26(25(17)30)32-16-24(33)22-9-8-20-19-7-6-18-15-27(2,34)13-14-28(18,3)21(19)11-12-29(20,22)4;1-27(34)14-15-28(2)18(16-27)8-9-19-20-10-11-22(29(20,3)13-12-21(19)28)24(33)17-32-23-6-5-7-25(35-4)26(23)30-31-32;1-27(34)14-15-28(2)18(16-27)8-9-19-20-10-11-22(29(20,3)13-12-21(19)28)24(33)17-32-26-23(30-31-32)6-5-7-25(26)35-4;1-23(30)11-12-24(2)16(13-23)5-6-17-18-7-8-20(25(18,3)10-9-19(17)24)21(29)14-27-15-22(28-26)31-4;/h5,10,18-22,32,34H,6-9,11-16,31H2,1-4H3;2*5-7,18-22,34H,8-17H2,1-4H3;15-20,30H,5-14,26H2,1-4H3;1H3/t3*18-,19-,20-,21-,22+,27+,28-,29-;16-,17-,18-,19-,20+,23+,24-,25-;/m0000./s1. The lowest BCUT2D eigenvalue weighted by atomic mass is 9.44. The van der Waals surface area contributed by atoms with Crippen LogP contribution in [-0.2, 0) is 32.3 Å². The van der Waals surface area contributed by atoms with E-state index in [9.17, 15) is 44.0 Å². The van der Waals surface area contributed by atoms with Crippen molar-refractivity contribution >= 4 is 79.6 Å². The zero-order valence-corrected chi connectivity index (χ0v) is 86.3. The number of aromatic nitrogens is 6. The number of hydrogen-bond acceptors (Lipinski definition) is 21. The van der Waals surface area contributed by atoms with Crippen molar-refractivity contribution in [1.82, 2.24) is 36.1 Å². The van der Waals surface area contributed by atoms with Gasteiger partial charge in [0.15, 0.2) is 34.5 Å². The molecule has 22 nitrogen and oxygen atoms in total. The Balaban J connectivity index is 0.000000126. The predicted octanol–water partition coefficient (Wildman–Crippen LogP) is 21.8. The lowest BCUT2D eigenvalue weighted by Gasteiger charge is -2.61. The summed E-state index contributed by atoms with van der Waals surface area (Å²) in [5.41, 5.74) is 10.1. The molecule has 2 aromatic heterocycles. The number of nitrogens with zero attached hydrogens (tertiary/aromatic N) is 8. The molecule has 16 aliphatic carbocycles. The highest BCUT2D eigenvalue weighted by Crippen LogP contribution is 2.74. The van der Waals surface area contributed by atoms with Crippen LogP contribution in [0.4, 0.5) is 15.8 Å². The molecular weight excluding hydrogens is 1720 g/mol. The second-order valence-electron chi connectivity index (χ2n) is 50.8. The molecule has 32 atom stereocenters. The van der Waals surface area contributed by atoms with Gasteiger partial charge in [-0.15, -0.1) is 22.0 Å². The van der Waals surface area contributed by atoms with Crippen LogP contribution in [0.15, 0.2) is 58.6 Å². The van der Waals surface area contributed by atoms with E-state index in [1.54, 1.807) is 48.9 Å². The molecule has 0 aliphatic heterocycles. The summed E-state index contributed by atoms with van der Waals surface area (Å²) in [5.74, 6) is 18.9. The average molecular weight is 1890 g/mol. The molecule has 24 heteroatoms. The molecule has 5 aromatic rings. The Labute approximate surface area is 814 Å². The van der Waals surface area contributed by atoms with Crippen LogP contribution in [0.2, 0.25) is 0 Å². The van der Waals surface area contributed by atoms with E-state index >= 15 is 0 Å². The Bertz CT molecular complexity index is 5300. The van der Waals surface area contributed by atoms with Crippen LogP contribution in [-0.4, -0.2) is 141 Å². The van der Waals surface area contributed by atoms with Gasteiger partial charge in [0.05, 0.1) is 72.8 Å². The zero-order chi connectivity index (χ0) is 96.1. The van der Waals surface area contributed by atoms with E-state index in [-0.39, 0.29) is 88.4 Å². The number of nitrogens with one attached hydrogen (secondary N) is 1. The maximum absolute atomic E-state index is 14.6. The van der Waals surface area contributed by atoms with E-state index in [2.05, 4.69) is 91.4 Å². The van der Waals surface area contributed by atoms with Crippen LogP contribution >= 0.6 is 11.8 Å². The number of benzene rings is 3. The monoisotopic (exact) mass is 1890 g/mol. The highest BCUT2D eigenvalue weighted by molar-refractivity contribution is 8.14. The molecule has 16 aliphatic rings. The Kier molecular flexibility index (Phi) is 28.0. The SMILES string of the molecule is COc1cccc2c1nnn2CC(=O)[C@H]1CC[C@H]2[C@@H]3CC[C@H]4C[C@](C)(O)CC[C@]4(C)[C@H]3CC[C@]12C.COc1cccc2nnn(CC(=O)[C@H]3CC[C@H]4[C@@H]5CC[C@H]6C[C@](C)(O)CC[C@]6(C)[C@H]5CC[C@]34C)c12.CSC(C=NCC(=O)[C@H]1CC[C@H]2[C@@H]3CC[C@H]4C[C@](C)(O)CC[C@]4(C)[C@H]3CC[C@]12C)=NN.Cc1ccc(N)c(NCC(=O)[C@H]2CC[C@H]3[C@@H]4CC[C@H]5C[C@](C)(O)CC[C@]5(C)[C@H]4CC[C@]23C)c1F.N. The van der Waals surface area contributed by atoms with E-state index in [1.165, 1.54) is 108 Å². The summed E-state index contributed by atoms with van der Waals surface area (Å²) in [6.45, 7) is 30.5. The van der Waals surface area contributed by atoms with Crippen molar-refractivity contribution in [2.75, 3.05) is 44.6 Å². The number of ketones is 4. The first-order chi connectivity index (χ1) is 63.9. The number of hydrogen-bond donors (Lipinski definition) is 8. The summed E-state index contributed by atoms with van der Waals surface area (Å²) in [4.78, 5) is 58.5. The van der Waals surface area contributed by atoms with Gasteiger partial charge in [0.2, 0.25) is 0 Å². The molecule has 0 bridgehead atoms. The van der Waals surface area contributed by atoms with Gasteiger partial charge in [-0.2, -0.15) is 5.10 Å². The third-order valence-electron chi connectivity index (χ3n) is 44.0. The number of fused-ring (bicyclic) bond motifs is 22. The minimum Gasteiger partial charge on any atom is -0.494 e. The van der Waals surface area contributed by atoms with Crippen molar-refractivity contribution in [3.63, 3.8) is 0 Å². The lowest BCUT2D eigenvalue weighted by Crippen LogP contribution is -2.55. The first kappa shape index (κ1) is 101. The number of aryl methyl sites for hydroxylation is 1. The van der Waals surface area contributed by atoms with Gasteiger partial charge >= 0.3 is 0 Å². The van der Waals surface area contributed by atoms with Crippen LogP contribution in [0, 0.1) is 174 Å². The number of hydrazone groups is 1. The fourth-order valence-electron chi connectivity index (χ4n) is 36.5. The number of carbonyl (C=O) groups is 4. The van der Waals surface area contributed by atoms with Crippen LogP contribution in [0.5, 0.6) is 11.5 Å². The number of aliphatic imine (C=N–C) groups is 1. The maximum Gasteiger partial charge on any atom is 0.157 e. The van der Waals surface area contributed by atoms with Crippen molar-refractivity contribution in [2.45, 2.75) is 357 Å². The average Bonchev–Trinajstić information content (AvgIpc) is 1.45. The number of halogens is 1. The number of methoxy groups -OCH3 is 2. The number of ether oxygens (including phenoxy) is 2. The number of para-hydroxylation sites is 1. The van der Waals surface area contributed by atoms with Crippen LogP contribution in [0.25, 0.3) is 22.1 Å². The molecule has 0 radical (unpaired) electrons. The summed E-state index contributed by atoms with van der Waals surface area (Å²) < 4.78 is 29.0. The molecule has 16 saturated carbocycles. The number of nitrogen functional groups attached to an aromatic ring is 1. The molecule has 0 spiro atoms. The lowest BCUT2D eigenvalue weighted by molar-refractivity contribution is -0.151. The van der Waals surface area contributed by atoms with Crippen LogP contribution in [0.3, 0.4) is 0 Å². The highest BCUT2D eigenvalue weighted by atomic mass is 32.2. The Morgan fingerprint density at radius 3 is 1.23 bits per heavy atom. The molecule has 3 aromatic carbocycles. The van der Waals surface area contributed by atoms with Gasteiger partial charge in [0.1, 0.15) is 40.7 Å². The minimum atomic E-state index is -0.502. The topological polar surface area (TPSA) is 353 Å². The fourth-order valence-corrected chi connectivity index (χ4v) is 36.8. The number of rotatable bonds is 16. The van der Waals surface area contributed by atoms with Crippen molar-refractivity contribution in [1.29, 1.82) is 0 Å². The summed E-state index contributed by atoms with van der Waals surface area (Å²) >= 11 is 1.44. The summed E-state index contributed by atoms with van der Waals surface area (Å²) in [6, 6.07) is 14.9. The van der Waals surface area contributed by atoms with Crippen molar-refractivity contribution in [2.24, 2.45) is 178 Å². The second-order valence-corrected chi connectivity index (χ2v) is 51.6. The normalized spacial score (nSPS) is 43.8. The molecular formula is C112H169FN12O10S. The van der Waals surface area contributed by atoms with E-state index in [1.807, 2.05) is 70.3 Å². The molecule has 0 unspecified atom stereocenters. The summed E-state index contributed by atoms with van der Waals surface area (Å²) in [7, 11) is 3.29. The molecule has 21 rings (SSSR count). The Morgan fingerprint density at radius 1 is 0.463 bits per heavy atom. The van der Waals surface area contributed by atoms with Crippen molar-refractivity contribution in [3.8, 4) is 11.5 Å². The molecule has 0 amide bonds. The first-order valence-corrected chi connectivity index (χ1v) is 54.5. The zero-order valence-electron chi connectivity index (χ0n) is 85.5. The minimum absolute atomic E-state index is 0. The predicted molar refractivity (Wildman–Crippen MR) is 539 cm³/mol. The third kappa shape index (κ3) is 17.7. The molecule has 136 heavy (non-hydrogen) atoms.